The van der Waals surface area contributed by atoms with E-state index in [0.29, 0.717) is 23.0 Å². The molecule has 2 heterocycles. The number of nitrogens with zero attached hydrogens (tertiary/aromatic N) is 3. The van der Waals surface area contributed by atoms with E-state index in [-0.39, 0.29) is 5.91 Å². The maximum Gasteiger partial charge on any atom is 0.223 e. The quantitative estimate of drug-likeness (QED) is 0.496. The Morgan fingerprint density at radius 2 is 1.97 bits per heavy atom. The van der Waals surface area contributed by atoms with Crippen molar-refractivity contribution in [3.05, 3.63) is 47.7 Å². The Kier molecular flexibility index (Phi) is 7.18. The van der Waals surface area contributed by atoms with Gasteiger partial charge in [-0.25, -0.2) is 0 Å². The zero-order valence-corrected chi connectivity index (χ0v) is 20.0. The van der Waals surface area contributed by atoms with Crippen LogP contribution in [0.3, 0.4) is 0 Å². The Balaban J connectivity index is 1.31. The highest BCUT2D eigenvalue weighted by Gasteiger charge is 2.22. The van der Waals surface area contributed by atoms with Crippen LogP contribution in [-0.4, -0.2) is 50.3 Å². The van der Waals surface area contributed by atoms with Crippen LogP contribution in [0.2, 0.25) is 0 Å². The molecule has 0 N–H and O–H groups in total. The van der Waals surface area contributed by atoms with Crippen molar-refractivity contribution in [2.24, 2.45) is 5.92 Å². The number of aryl methyl sites for hydroxylation is 1. The van der Waals surface area contributed by atoms with Gasteiger partial charge < -0.3 is 18.9 Å². The second kappa shape index (κ2) is 10.3. The number of aromatic nitrogens is 1. The summed E-state index contributed by atoms with van der Waals surface area (Å²) in [7, 11) is 5.05. The minimum absolute atomic E-state index is 0.0467. The molecule has 176 valence electrons. The van der Waals surface area contributed by atoms with Gasteiger partial charge in [0, 0.05) is 31.6 Å². The van der Waals surface area contributed by atoms with Gasteiger partial charge in [0.25, 0.3) is 0 Å². The summed E-state index contributed by atoms with van der Waals surface area (Å²) in [5.41, 5.74) is 3.83. The number of methoxy groups -OCH3 is 2. The van der Waals surface area contributed by atoms with Crippen molar-refractivity contribution >= 4 is 22.6 Å². The smallest absolute Gasteiger partial charge is 0.223 e. The number of carbonyl (C=O) groups is 1. The summed E-state index contributed by atoms with van der Waals surface area (Å²) in [4.78, 5) is 15.9. The van der Waals surface area contributed by atoms with E-state index < -0.39 is 0 Å². The van der Waals surface area contributed by atoms with Crippen molar-refractivity contribution < 1.29 is 18.8 Å². The second-order valence-electron chi connectivity index (χ2n) is 8.81. The first-order chi connectivity index (χ1) is 16.0. The van der Waals surface area contributed by atoms with E-state index in [4.69, 9.17) is 14.0 Å². The first-order valence-electron chi connectivity index (χ1n) is 11.5. The van der Waals surface area contributed by atoms with E-state index in [2.05, 4.69) is 22.2 Å². The normalized spacial score (nSPS) is 15.0. The molecule has 1 aromatic heterocycles. The van der Waals surface area contributed by atoms with E-state index in [1.54, 1.807) is 26.0 Å². The zero-order valence-electron chi connectivity index (χ0n) is 20.0. The van der Waals surface area contributed by atoms with Crippen LogP contribution < -0.4 is 14.4 Å². The highest BCUT2D eigenvalue weighted by molar-refractivity contribution is 5.91. The fourth-order valence-corrected chi connectivity index (χ4v) is 4.62. The average molecular weight is 452 g/mol. The number of anilines is 1. The fraction of sp³-hybridized carbons (Fsp3) is 0.462. The predicted octanol–water partition coefficient (Wildman–Crippen LogP) is 4.67. The molecule has 4 rings (SSSR count). The highest BCUT2D eigenvalue weighted by atomic mass is 16.5. The van der Waals surface area contributed by atoms with Crippen molar-refractivity contribution in [3.8, 4) is 11.5 Å². The Morgan fingerprint density at radius 1 is 1.18 bits per heavy atom. The molecular weight excluding hydrogens is 418 g/mol. The van der Waals surface area contributed by atoms with Gasteiger partial charge >= 0.3 is 0 Å². The van der Waals surface area contributed by atoms with Gasteiger partial charge in [0.1, 0.15) is 0 Å². The SMILES string of the molecule is COc1ccc2c(CCC3CCN(Cc4cccc(N(C)C(C)=O)c4)CC3)noc2c1OC. The van der Waals surface area contributed by atoms with Crippen LogP contribution in [0.1, 0.15) is 37.4 Å². The molecule has 7 nitrogen and oxygen atoms in total. The third-order valence-electron chi connectivity index (χ3n) is 6.73. The summed E-state index contributed by atoms with van der Waals surface area (Å²) in [6.45, 7) is 4.68. The molecule has 1 aliphatic heterocycles. The number of carbonyl (C=O) groups excluding carboxylic acids is 1. The number of fused-ring (bicyclic) bond motifs is 1. The summed E-state index contributed by atoms with van der Waals surface area (Å²) in [6, 6.07) is 12.2. The van der Waals surface area contributed by atoms with Crippen LogP contribution in [0.15, 0.2) is 40.9 Å². The Bertz CT molecular complexity index is 1100. The molecule has 33 heavy (non-hydrogen) atoms. The Hall–Kier alpha value is -3.06. The lowest BCUT2D eigenvalue weighted by atomic mass is 9.91. The van der Waals surface area contributed by atoms with E-state index in [1.807, 2.05) is 31.3 Å². The van der Waals surface area contributed by atoms with Crippen LogP contribution in [0.4, 0.5) is 5.69 Å². The van der Waals surface area contributed by atoms with Gasteiger partial charge in [0.15, 0.2) is 5.75 Å². The number of hydrogen-bond donors (Lipinski definition) is 0. The van der Waals surface area contributed by atoms with Gasteiger partial charge in [-0.1, -0.05) is 17.3 Å². The van der Waals surface area contributed by atoms with E-state index >= 15 is 0 Å². The van der Waals surface area contributed by atoms with Crippen LogP contribution in [-0.2, 0) is 17.8 Å². The molecular formula is C26H33N3O4. The number of rotatable bonds is 8. The van der Waals surface area contributed by atoms with Crippen LogP contribution in [0, 0.1) is 5.92 Å². The van der Waals surface area contributed by atoms with Gasteiger partial charge in [-0.15, -0.1) is 0 Å². The largest absolute Gasteiger partial charge is 0.493 e. The molecule has 1 aliphatic rings. The van der Waals surface area contributed by atoms with E-state index in [1.165, 1.54) is 18.4 Å². The Morgan fingerprint density at radius 3 is 2.67 bits per heavy atom. The lowest BCUT2D eigenvalue weighted by Crippen LogP contribution is -2.33. The van der Waals surface area contributed by atoms with Gasteiger partial charge in [0.2, 0.25) is 17.2 Å². The van der Waals surface area contributed by atoms with E-state index in [9.17, 15) is 4.79 Å². The number of likely N-dealkylation sites (tertiary alicyclic amines) is 1. The minimum Gasteiger partial charge on any atom is -0.493 e. The molecule has 3 aromatic rings. The monoisotopic (exact) mass is 451 g/mol. The van der Waals surface area contributed by atoms with Crippen LogP contribution >= 0.6 is 0 Å². The van der Waals surface area contributed by atoms with Gasteiger partial charge in [-0.05, 0) is 74.5 Å². The molecule has 0 aliphatic carbocycles. The molecule has 1 fully saturated rings. The number of piperidine rings is 1. The average Bonchev–Trinajstić information content (AvgIpc) is 3.25. The van der Waals surface area contributed by atoms with Gasteiger partial charge in [-0.3, -0.25) is 9.69 Å². The maximum absolute atomic E-state index is 11.7. The third kappa shape index (κ3) is 5.14. The van der Waals surface area contributed by atoms with E-state index in [0.717, 1.165) is 49.2 Å². The van der Waals surface area contributed by atoms with Crippen molar-refractivity contribution in [2.45, 2.75) is 39.2 Å². The summed E-state index contributed by atoms with van der Waals surface area (Å²) in [5.74, 6) is 1.98. The van der Waals surface area contributed by atoms with Crippen molar-refractivity contribution in [2.75, 3.05) is 39.3 Å². The first kappa shape index (κ1) is 23.1. The minimum atomic E-state index is 0.0467. The fourth-order valence-electron chi connectivity index (χ4n) is 4.62. The number of hydrogen-bond acceptors (Lipinski definition) is 6. The zero-order chi connectivity index (χ0) is 23.4. The molecule has 0 saturated carbocycles. The lowest BCUT2D eigenvalue weighted by Gasteiger charge is -2.32. The topological polar surface area (TPSA) is 68.0 Å². The van der Waals surface area contributed by atoms with Gasteiger partial charge in [-0.2, -0.15) is 0 Å². The van der Waals surface area contributed by atoms with Crippen molar-refractivity contribution in [1.82, 2.24) is 10.1 Å². The lowest BCUT2D eigenvalue weighted by molar-refractivity contribution is -0.116. The molecule has 0 radical (unpaired) electrons. The molecule has 7 heteroatoms. The summed E-state index contributed by atoms with van der Waals surface area (Å²) in [5, 5.41) is 5.32. The van der Waals surface area contributed by atoms with Crippen molar-refractivity contribution in [1.29, 1.82) is 0 Å². The number of ether oxygens (including phenoxy) is 2. The molecule has 0 spiro atoms. The van der Waals surface area contributed by atoms with Crippen LogP contribution in [0.5, 0.6) is 11.5 Å². The third-order valence-corrected chi connectivity index (χ3v) is 6.73. The van der Waals surface area contributed by atoms with Crippen molar-refractivity contribution in [3.63, 3.8) is 0 Å². The molecule has 0 bridgehead atoms. The molecule has 1 saturated heterocycles. The second-order valence-corrected chi connectivity index (χ2v) is 8.81. The standard InChI is InChI=1S/C26H33N3O4/c1-18(30)28(2)21-7-5-6-20(16-21)17-29-14-12-19(13-15-29)8-10-23-22-9-11-24(31-3)26(32-4)25(22)33-27-23/h5-7,9,11,16,19H,8,10,12-15,17H2,1-4H3. The Labute approximate surface area is 195 Å². The molecule has 0 unspecified atom stereocenters. The molecule has 2 aromatic carbocycles. The summed E-state index contributed by atoms with van der Waals surface area (Å²) in [6.07, 6.45) is 4.36. The maximum atomic E-state index is 11.7. The summed E-state index contributed by atoms with van der Waals surface area (Å²) >= 11 is 0. The number of amides is 1. The summed E-state index contributed by atoms with van der Waals surface area (Å²) < 4.78 is 16.4. The van der Waals surface area contributed by atoms with Gasteiger partial charge in [0.05, 0.1) is 19.9 Å². The number of benzene rings is 2. The molecule has 1 amide bonds. The first-order valence-corrected chi connectivity index (χ1v) is 11.5. The predicted molar refractivity (Wildman–Crippen MR) is 129 cm³/mol. The van der Waals surface area contributed by atoms with Crippen LogP contribution in [0.25, 0.3) is 11.0 Å². The highest BCUT2D eigenvalue weighted by Crippen LogP contribution is 2.37. The molecule has 0 atom stereocenters.